The third kappa shape index (κ3) is 3.05. The Morgan fingerprint density at radius 1 is 1.14 bits per heavy atom. The number of hydrogen-bond donors (Lipinski definition) is 3. The molecule has 7 rings (SSSR count). The smallest absolute Gasteiger partial charge is 0.270 e. The van der Waals surface area contributed by atoms with E-state index in [9.17, 15) is 9.90 Å². The van der Waals surface area contributed by atoms with Gasteiger partial charge >= 0.3 is 0 Å². The molecule has 2 aromatic carbocycles. The summed E-state index contributed by atoms with van der Waals surface area (Å²) in [6, 6.07) is 11.3. The van der Waals surface area contributed by atoms with E-state index < -0.39 is 0 Å². The van der Waals surface area contributed by atoms with Gasteiger partial charge in [0.15, 0.2) is 5.65 Å². The van der Waals surface area contributed by atoms with Crippen molar-refractivity contribution in [3.63, 3.8) is 0 Å². The van der Waals surface area contributed by atoms with Crippen LogP contribution in [0.3, 0.4) is 0 Å². The molecule has 0 amide bonds. The minimum absolute atomic E-state index is 0.142. The lowest BCUT2D eigenvalue weighted by Crippen LogP contribution is -2.33. The molecule has 2 aliphatic rings. The number of hydrogen-bond acceptors (Lipinski definition) is 7. The highest BCUT2D eigenvalue weighted by atomic mass is 16.3. The molecule has 0 saturated heterocycles. The van der Waals surface area contributed by atoms with E-state index in [1.807, 2.05) is 6.92 Å². The Labute approximate surface area is 200 Å². The summed E-state index contributed by atoms with van der Waals surface area (Å²) in [5.74, 6) is 0.995. The zero-order chi connectivity index (χ0) is 23.7. The van der Waals surface area contributed by atoms with E-state index in [0.717, 1.165) is 24.3 Å². The predicted molar refractivity (Wildman–Crippen MR) is 133 cm³/mol. The normalized spacial score (nSPS) is 16.0. The first kappa shape index (κ1) is 20.2. The number of phenolic OH excluding ortho intramolecular Hbond substituents is 1. The van der Waals surface area contributed by atoms with Crippen LogP contribution in [0.1, 0.15) is 29.5 Å². The number of rotatable bonds is 3. The first-order valence-corrected chi connectivity index (χ1v) is 11.7. The second kappa shape index (κ2) is 7.13. The number of nitrogens with one attached hydrogen (secondary N) is 2. The number of fused-ring (bicyclic) bond motifs is 5. The molecule has 0 unspecified atom stereocenters. The van der Waals surface area contributed by atoms with Crippen LogP contribution in [0, 0.1) is 6.92 Å². The van der Waals surface area contributed by atoms with Crippen LogP contribution in [0.4, 0.5) is 11.6 Å². The van der Waals surface area contributed by atoms with E-state index in [1.165, 1.54) is 28.5 Å². The summed E-state index contributed by atoms with van der Waals surface area (Å²) < 4.78 is 3.31. The lowest BCUT2D eigenvalue weighted by Gasteiger charge is -2.26. The average molecular weight is 466 g/mol. The molecular formula is C26H23N7O2. The van der Waals surface area contributed by atoms with E-state index in [2.05, 4.69) is 43.8 Å². The van der Waals surface area contributed by atoms with Crippen molar-refractivity contribution in [2.24, 2.45) is 0 Å². The number of anilines is 2. The zero-order valence-corrected chi connectivity index (χ0v) is 19.1. The molecule has 9 heteroatoms. The summed E-state index contributed by atoms with van der Waals surface area (Å²) >= 11 is 0. The Bertz CT molecular complexity index is 1720. The largest absolute Gasteiger partial charge is 0.508 e. The summed E-state index contributed by atoms with van der Waals surface area (Å²) in [4.78, 5) is 27.1. The monoisotopic (exact) mass is 465 g/mol. The molecule has 1 saturated carbocycles. The minimum atomic E-state index is -0.270. The third-order valence-electron chi connectivity index (χ3n) is 7.24. The third-order valence-corrected chi connectivity index (χ3v) is 7.24. The van der Waals surface area contributed by atoms with Crippen molar-refractivity contribution in [1.29, 1.82) is 0 Å². The number of aromatic hydroxyl groups is 1. The topological polar surface area (TPSA) is 109 Å². The van der Waals surface area contributed by atoms with E-state index in [-0.39, 0.29) is 11.3 Å². The summed E-state index contributed by atoms with van der Waals surface area (Å²) in [6.07, 6.45) is 7.46. The van der Waals surface area contributed by atoms with Crippen LogP contribution in [0.25, 0.3) is 22.5 Å². The summed E-state index contributed by atoms with van der Waals surface area (Å²) in [5.41, 5.74) is 5.61. The van der Waals surface area contributed by atoms with Crippen molar-refractivity contribution >= 4 is 28.4 Å². The van der Waals surface area contributed by atoms with Gasteiger partial charge in [-0.3, -0.25) is 9.20 Å². The highest BCUT2D eigenvalue weighted by Gasteiger charge is 2.46. The van der Waals surface area contributed by atoms with E-state index in [0.29, 0.717) is 33.9 Å². The van der Waals surface area contributed by atoms with Gasteiger partial charge in [0, 0.05) is 42.8 Å². The van der Waals surface area contributed by atoms with Gasteiger partial charge in [-0.1, -0.05) is 6.07 Å². The fourth-order valence-electron chi connectivity index (χ4n) is 5.31. The first-order valence-electron chi connectivity index (χ1n) is 11.7. The van der Waals surface area contributed by atoms with Crippen molar-refractivity contribution in [2.75, 3.05) is 11.9 Å². The minimum Gasteiger partial charge on any atom is -0.508 e. The second-order valence-corrected chi connectivity index (χ2v) is 9.52. The highest BCUT2D eigenvalue weighted by Crippen LogP contribution is 2.50. The molecule has 9 nitrogen and oxygen atoms in total. The van der Waals surface area contributed by atoms with Gasteiger partial charge in [0.2, 0.25) is 11.7 Å². The molecule has 174 valence electrons. The lowest BCUT2D eigenvalue weighted by molar-refractivity contribution is 0.474. The van der Waals surface area contributed by atoms with Crippen LogP contribution >= 0.6 is 0 Å². The van der Waals surface area contributed by atoms with Gasteiger partial charge in [0.05, 0.1) is 5.69 Å². The average Bonchev–Trinajstić information content (AvgIpc) is 3.43. The molecule has 1 aliphatic heterocycles. The molecular weight excluding hydrogens is 442 g/mol. The molecule has 4 heterocycles. The van der Waals surface area contributed by atoms with Crippen LogP contribution in [-0.2, 0) is 12.0 Å². The maximum atomic E-state index is 13.5. The van der Waals surface area contributed by atoms with Gasteiger partial charge in [0.25, 0.3) is 5.56 Å². The van der Waals surface area contributed by atoms with E-state index >= 15 is 0 Å². The fraction of sp³-hybridized carbons (Fsp3) is 0.231. The van der Waals surface area contributed by atoms with Crippen LogP contribution in [0.5, 0.6) is 5.75 Å². The molecule has 0 bridgehead atoms. The van der Waals surface area contributed by atoms with Crippen LogP contribution in [0.2, 0.25) is 0 Å². The number of phenols is 1. The fourth-order valence-corrected chi connectivity index (χ4v) is 5.31. The van der Waals surface area contributed by atoms with Crippen molar-refractivity contribution in [2.45, 2.75) is 31.7 Å². The summed E-state index contributed by atoms with van der Waals surface area (Å²) in [6.45, 7) is 3.76. The van der Waals surface area contributed by atoms with E-state index in [4.69, 9.17) is 0 Å². The molecule has 3 N–H and O–H groups in total. The number of aryl methyl sites for hydroxylation is 1. The number of benzene rings is 2. The van der Waals surface area contributed by atoms with Crippen LogP contribution in [-0.4, -0.2) is 35.6 Å². The predicted octanol–water partition coefficient (Wildman–Crippen LogP) is 3.32. The standard InChI is InChI=1S/C26H23N7O2/c1-15-10-18(34)3-5-21(15)33-23(35)19-13-29-24(31-22(19)32-9-8-28-25(32)33)30-17-2-4-20-16(11-17)12-27-14-26(20)6-7-26/h2-5,8-11,13,27,34H,6-7,12,14H2,1H3,(H,29,30,31). The Balaban J connectivity index is 1.33. The molecule has 0 radical (unpaired) electrons. The molecule has 35 heavy (non-hydrogen) atoms. The molecule has 3 aromatic heterocycles. The maximum Gasteiger partial charge on any atom is 0.270 e. The molecule has 5 aromatic rings. The quantitative estimate of drug-likeness (QED) is 0.375. The van der Waals surface area contributed by atoms with Gasteiger partial charge in [-0.2, -0.15) is 4.98 Å². The Kier molecular flexibility index (Phi) is 4.11. The SMILES string of the molecule is Cc1cc(O)ccc1-n1c(=O)c2cnc(Nc3ccc4c(c3)CNCC43CC3)nc2n2ccnc12. The molecule has 0 atom stereocenters. The zero-order valence-electron chi connectivity index (χ0n) is 19.1. The number of aromatic nitrogens is 5. The Morgan fingerprint density at radius 3 is 2.86 bits per heavy atom. The molecule has 1 fully saturated rings. The van der Waals surface area contributed by atoms with Crippen molar-refractivity contribution < 1.29 is 5.11 Å². The maximum absolute atomic E-state index is 13.5. The second-order valence-electron chi connectivity index (χ2n) is 9.52. The lowest BCUT2D eigenvalue weighted by atomic mass is 9.88. The first-order chi connectivity index (χ1) is 17.0. The van der Waals surface area contributed by atoms with E-state index in [1.54, 1.807) is 41.2 Å². The summed E-state index contributed by atoms with van der Waals surface area (Å²) in [5, 5.41) is 17.0. The van der Waals surface area contributed by atoms with Crippen molar-refractivity contribution in [3.05, 3.63) is 82.0 Å². The Hall–Kier alpha value is -4.24. The summed E-state index contributed by atoms with van der Waals surface area (Å²) in [7, 11) is 0. The van der Waals surface area contributed by atoms with Crippen molar-refractivity contribution in [1.82, 2.24) is 29.2 Å². The van der Waals surface area contributed by atoms with Gasteiger partial charge in [-0.05, 0) is 66.8 Å². The molecule has 1 spiro atoms. The number of nitrogens with zero attached hydrogens (tertiary/aromatic N) is 5. The van der Waals surface area contributed by atoms with Gasteiger partial charge < -0.3 is 15.7 Å². The van der Waals surface area contributed by atoms with Crippen LogP contribution in [0.15, 0.2) is 59.8 Å². The molecule has 1 aliphatic carbocycles. The Morgan fingerprint density at radius 2 is 2.03 bits per heavy atom. The van der Waals surface area contributed by atoms with Gasteiger partial charge in [-0.25, -0.2) is 14.5 Å². The van der Waals surface area contributed by atoms with Gasteiger partial charge in [-0.15, -0.1) is 0 Å². The highest BCUT2D eigenvalue weighted by molar-refractivity contribution is 5.78. The van der Waals surface area contributed by atoms with Crippen LogP contribution < -0.4 is 16.2 Å². The number of imidazole rings is 1. The van der Waals surface area contributed by atoms with Gasteiger partial charge in [0.1, 0.15) is 11.1 Å². The van der Waals surface area contributed by atoms with Crippen molar-refractivity contribution in [3.8, 4) is 11.4 Å².